The topological polar surface area (TPSA) is 78.9 Å². The quantitative estimate of drug-likeness (QED) is 0.0348. The van der Waals surface area contributed by atoms with Gasteiger partial charge in [-0.05, 0) is 25.2 Å². The van der Waals surface area contributed by atoms with Crippen molar-refractivity contribution in [3.63, 3.8) is 0 Å². The maximum Gasteiger partial charge on any atom is 0.306 e. The molecule has 0 unspecified atom stereocenters. The van der Waals surface area contributed by atoms with Gasteiger partial charge in [-0.1, -0.05) is 233 Å². The summed E-state index contributed by atoms with van der Waals surface area (Å²) < 4.78 is 16.7. The fourth-order valence-corrected chi connectivity index (χ4v) is 7.33. The molecule has 0 aliphatic rings. The largest absolute Gasteiger partial charge is 0.462 e. The Hall–Kier alpha value is -1.59. The van der Waals surface area contributed by atoms with E-state index in [0.29, 0.717) is 19.3 Å². The van der Waals surface area contributed by atoms with Crippen molar-refractivity contribution in [3.05, 3.63) is 0 Å². The molecule has 1 atom stereocenters. The van der Waals surface area contributed by atoms with Crippen LogP contribution in [0.4, 0.5) is 0 Å². The van der Waals surface area contributed by atoms with Crippen molar-refractivity contribution in [2.24, 2.45) is 5.92 Å². The highest BCUT2D eigenvalue weighted by Crippen LogP contribution is 2.17. The van der Waals surface area contributed by atoms with E-state index >= 15 is 0 Å². The van der Waals surface area contributed by atoms with E-state index in [1.807, 2.05) is 0 Å². The van der Waals surface area contributed by atoms with E-state index < -0.39 is 6.10 Å². The molecular weight excluding hydrogens is 685 g/mol. The van der Waals surface area contributed by atoms with Crippen LogP contribution in [0.2, 0.25) is 0 Å². The minimum atomic E-state index is -0.760. The first-order chi connectivity index (χ1) is 26.9. The smallest absolute Gasteiger partial charge is 0.306 e. The number of esters is 3. The molecule has 0 aliphatic heterocycles. The third-order valence-corrected chi connectivity index (χ3v) is 11.0. The summed E-state index contributed by atoms with van der Waals surface area (Å²) in [5, 5.41) is 0. The van der Waals surface area contributed by atoms with Crippen LogP contribution in [-0.4, -0.2) is 37.2 Å². The summed E-state index contributed by atoms with van der Waals surface area (Å²) in [6.07, 6.45) is 44.0. The van der Waals surface area contributed by atoms with Crippen molar-refractivity contribution in [1.29, 1.82) is 0 Å². The fourth-order valence-electron chi connectivity index (χ4n) is 7.33. The summed E-state index contributed by atoms with van der Waals surface area (Å²) in [4.78, 5) is 37.7. The molecule has 0 radical (unpaired) electrons. The zero-order valence-corrected chi connectivity index (χ0v) is 37.4. The van der Waals surface area contributed by atoms with Gasteiger partial charge in [-0.3, -0.25) is 14.4 Å². The molecule has 0 spiro atoms. The molecule has 0 heterocycles. The minimum Gasteiger partial charge on any atom is -0.462 e. The van der Waals surface area contributed by atoms with Gasteiger partial charge in [0.15, 0.2) is 6.10 Å². The standard InChI is InChI=1S/C49H94O6/c1-5-7-9-11-13-15-16-17-18-19-20-21-22-23-24-26-28-33-37-41-48(51)54-44-46(55-49(52)42-38-34-30-29-31-35-39-45(3)4)43-53-47(50)40-36-32-27-25-14-12-10-8-6-2/h45-46H,5-44H2,1-4H3/t46-/m1/s1. The van der Waals surface area contributed by atoms with Crippen LogP contribution >= 0.6 is 0 Å². The van der Waals surface area contributed by atoms with E-state index in [1.54, 1.807) is 0 Å². The number of unbranched alkanes of at least 4 members (excludes halogenated alkanes) is 31. The van der Waals surface area contributed by atoms with E-state index in [9.17, 15) is 14.4 Å². The lowest BCUT2D eigenvalue weighted by atomic mass is 10.0. The maximum absolute atomic E-state index is 12.7. The Labute approximate surface area is 342 Å². The van der Waals surface area contributed by atoms with Gasteiger partial charge >= 0.3 is 17.9 Å². The predicted molar refractivity (Wildman–Crippen MR) is 233 cm³/mol. The molecular formula is C49H94O6. The number of carbonyl (C=O) groups is 3. The van der Waals surface area contributed by atoms with Crippen LogP contribution < -0.4 is 0 Å². The number of carbonyl (C=O) groups excluding carboxylic acids is 3. The third-order valence-electron chi connectivity index (χ3n) is 11.0. The first kappa shape index (κ1) is 53.4. The molecule has 0 aliphatic carbocycles. The molecule has 6 heteroatoms. The van der Waals surface area contributed by atoms with Crippen molar-refractivity contribution in [2.45, 2.75) is 278 Å². The summed E-state index contributed by atoms with van der Waals surface area (Å²) in [6.45, 7) is 8.92. The van der Waals surface area contributed by atoms with E-state index in [1.165, 1.54) is 167 Å². The van der Waals surface area contributed by atoms with Crippen molar-refractivity contribution >= 4 is 17.9 Å². The second-order valence-corrected chi connectivity index (χ2v) is 17.2. The zero-order valence-electron chi connectivity index (χ0n) is 37.4. The molecule has 0 rings (SSSR count). The lowest BCUT2D eigenvalue weighted by molar-refractivity contribution is -0.167. The van der Waals surface area contributed by atoms with Crippen LogP contribution in [0.15, 0.2) is 0 Å². The summed E-state index contributed by atoms with van der Waals surface area (Å²) in [5.41, 5.74) is 0. The van der Waals surface area contributed by atoms with Crippen molar-refractivity contribution in [2.75, 3.05) is 13.2 Å². The SMILES string of the molecule is CCCCCCCCCCCCCCCCCCCCCC(=O)OC[C@@H](COC(=O)CCCCCCCCCCC)OC(=O)CCCCCCCCC(C)C. The molecule has 0 aromatic carbocycles. The molecule has 0 amide bonds. The van der Waals surface area contributed by atoms with Crippen LogP contribution in [0.1, 0.15) is 272 Å². The van der Waals surface area contributed by atoms with Gasteiger partial charge in [0.2, 0.25) is 0 Å². The summed E-state index contributed by atoms with van der Waals surface area (Å²) in [5.74, 6) is -0.0994. The number of ether oxygens (including phenoxy) is 3. The minimum absolute atomic E-state index is 0.0646. The van der Waals surface area contributed by atoms with Crippen LogP contribution in [0.3, 0.4) is 0 Å². The average Bonchev–Trinajstić information content (AvgIpc) is 3.17. The Morgan fingerprint density at radius 2 is 0.600 bits per heavy atom. The molecule has 0 N–H and O–H groups in total. The third kappa shape index (κ3) is 43.4. The van der Waals surface area contributed by atoms with E-state index in [0.717, 1.165) is 63.7 Å². The van der Waals surface area contributed by atoms with E-state index in [4.69, 9.17) is 14.2 Å². The van der Waals surface area contributed by atoms with E-state index in [2.05, 4.69) is 27.7 Å². The van der Waals surface area contributed by atoms with Gasteiger partial charge in [0.05, 0.1) is 0 Å². The Balaban J connectivity index is 4.17. The molecule has 0 saturated carbocycles. The molecule has 55 heavy (non-hydrogen) atoms. The monoisotopic (exact) mass is 779 g/mol. The molecule has 0 bridgehead atoms. The summed E-state index contributed by atoms with van der Waals surface area (Å²) in [7, 11) is 0. The number of hydrogen-bond acceptors (Lipinski definition) is 6. The highest BCUT2D eigenvalue weighted by Gasteiger charge is 2.19. The fraction of sp³-hybridized carbons (Fsp3) is 0.939. The zero-order chi connectivity index (χ0) is 40.3. The normalized spacial score (nSPS) is 11.9. The Bertz CT molecular complexity index is 826. The van der Waals surface area contributed by atoms with Crippen LogP contribution in [0.5, 0.6) is 0 Å². The van der Waals surface area contributed by atoms with Gasteiger partial charge < -0.3 is 14.2 Å². The van der Waals surface area contributed by atoms with Crippen LogP contribution in [-0.2, 0) is 28.6 Å². The number of hydrogen-bond donors (Lipinski definition) is 0. The van der Waals surface area contributed by atoms with Crippen molar-refractivity contribution in [3.8, 4) is 0 Å². The molecule has 6 nitrogen and oxygen atoms in total. The highest BCUT2D eigenvalue weighted by atomic mass is 16.6. The Kier molecular flexibility index (Phi) is 42.3. The molecule has 0 fully saturated rings. The molecule has 0 saturated heterocycles. The lowest BCUT2D eigenvalue weighted by Gasteiger charge is -2.18. The van der Waals surface area contributed by atoms with Crippen molar-refractivity contribution < 1.29 is 28.6 Å². The van der Waals surface area contributed by atoms with Gasteiger partial charge in [-0.2, -0.15) is 0 Å². The lowest BCUT2D eigenvalue weighted by Crippen LogP contribution is -2.30. The van der Waals surface area contributed by atoms with Gasteiger partial charge in [0.25, 0.3) is 0 Å². The van der Waals surface area contributed by atoms with Gasteiger partial charge in [0, 0.05) is 19.3 Å². The van der Waals surface area contributed by atoms with Crippen LogP contribution in [0.25, 0.3) is 0 Å². The highest BCUT2D eigenvalue weighted by molar-refractivity contribution is 5.71. The first-order valence-electron chi connectivity index (χ1n) is 24.4. The van der Waals surface area contributed by atoms with E-state index in [-0.39, 0.29) is 31.1 Å². The predicted octanol–water partition coefficient (Wildman–Crippen LogP) is 15.5. The molecule has 0 aromatic rings. The first-order valence-corrected chi connectivity index (χ1v) is 24.4. The second kappa shape index (κ2) is 43.5. The maximum atomic E-state index is 12.7. The van der Waals surface area contributed by atoms with Gasteiger partial charge in [-0.25, -0.2) is 0 Å². The molecule has 326 valence electrons. The average molecular weight is 779 g/mol. The summed E-state index contributed by atoms with van der Waals surface area (Å²) >= 11 is 0. The summed E-state index contributed by atoms with van der Waals surface area (Å²) in [6, 6.07) is 0. The Morgan fingerprint density at radius 3 is 0.891 bits per heavy atom. The van der Waals surface area contributed by atoms with Crippen molar-refractivity contribution in [1.82, 2.24) is 0 Å². The Morgan fingerprint density at radius 1 is 0.345 bits per heavy atom. The second-order valence-electron chi connectivity index (χ2n) is 17.2. The number of rotatable bonds is 44. The van der Waals surface area contributed by atoms with Gasteiger partial charge in [-0.15, -0.1) is 0 Å². The molecule has 0 aromatic heterocycles. The van der Waals surface area contributed by atoms with Crippen LogP contribution in [0, 0.1) is 5.92 Å². The van der Waals surface area contributed by atoms with Gasteiger partial charge in [0.1, 0.15) is 13.2 Å².